The van der Waals surface area contributed by atoms with Crippen molar-refractivity contribution < 1.29 is 50.1 Å². The number of Topliss-reactive ketones (excluding diaryl/α,β-unsaturated/α-hetero) is 1. The number of phenols is 7. The standard InChI is InChI=1S/C39H38O10/c1-19-10-29(25-5-4-22(40)17-32(25)44)36(38(47)27-6-7-31(43)26(37(27)46)8-9-39(2,3)48)30(11-19)28-14-21-15-34(49-35(21)18-33(28)45)20-12-23(41)16-24(42)13-20/h4-7,11-18,29-30,36,40-46,48H,8-10H2,1-3H3. The summed E-state index contributed by atoms with van der Waals surface area (Å²) in [5, 5.41) is 85.4. The number of benzene rings is 4. The van der Waals surface area contributed by atoms with E-state index in [1.54, 1.807) is 32.0 Å². The summed E-state index contributed by atoms with van der Waals surface area (Å²) in [5.41, 5.74) is 1.32. The molecule has 4 aromatic carbocycles. The molecule has 0 bridgehead atoms. The number of allylic oxidation sites excluding steroid dienone is 2. The molecular weight excluding hydrogens is 628 g/mol. The largest absolute Gasteiger partial charge is 0.508 e. The molecule has 0 amide bonds. The molecule has 1 aromatic heterocycles. The van der Waals surface area contributed by atoms with Crippen LogP contribution in [0.3, 0.4) is 0 Å². The van der Waals surface area contributed by atoms with Gasteiger partial charge in [0.05, 0.1) is 11.2 Å². The van der Waals surface area contributed by atoms with Crippen molar-refractivity contribution in [3.63, 3.8) is 0 Å². The van der Waals surface area contributed by atoms with Crippen LogP contribution in [-0.2, 0) is 6.42 Å². The Morgan fingerprint density at radius 1 is 0.796 bits per heavy atom. The molecule has 49 heavy (non-hydrogen) atoms. The van der Waals surface area contributed by atoms with Gasteiger partial charge in [-0.15, -0.1) is 0 Å². The topological polar surface area (TPSA) is 192 Å². The van der Waals surface area contributed by atoms with Gasteiger partial charge >= 0.3 is 0 Å². The van der Waals surface area contributed by atoms with E-state index in [1.807, 2.05) is 13.0 Å². The zero-order chi connectivity index (χ0) is 35.4. The second kappa shape index (κ2) is 12.4. The van der Waals surface area contributed by atoms with Gasteiger partial charge in [0.1, 0.15) is 51.6 Å². The van der Waals surface area contributed by atoms with Crippen molar-refractivity contribution in [3.8, 4) is 51.6 Å². The third kappa shape index (κ3) is 6.60. The summed E-state index contributed by atoms with van der Waals surface area (Å²) in [6, 6.07) is 15.7. The fourth-order valence-electron chi connectivity index (χ4n) is 6.90. The van der Waals surface area contributed by atoms with Crippen molar-refractivity contribution in [2.45, 2.75) is 57.5 Å². The third-order valence-electron chi connectivity index (χ3n) is 9.26. The average Bonchev–Trinajstić information content (AvgIpc) is 3.42. The molecule has 1 heterocycles. The first-order valence-corrected chi connectivity index (χ1v) is 15.9. The summed E-state index contributed by atoms with van der Waals surface area (Å²) in [5.74, 6) is -4.12. The van der Waals surface area contributed by atoms with Gasteiger partial charge in [-0.25, -0.2) is 0 Å². The summed E-state index contributed by atoms with van der Waals surface area (Å²) in [4.78, 5) is 14.8. The molecule has 5 aromatic rings. The van der Waals surface area contributed by atoms with Crippen molar-refractivity contribution in [1.82, 2.24) is 0 Å². The Bertz CT molecular complexity index is 2100. The van der Waals surface area contributed by atoms with Gasteiger partial charge in [-0.2, -0.15) is 0 Å². The molecule has 0 radical (unpaired) electrons. The number of carbonyl (C=O) groups is 1. The Morgan fingerprint density at radius 3 is 2.16 bits per heavy atom. The van der Waals surface area contributed by atoms with Gasteiger partial charge < -0.3 is 45.3 Å². The molecule has 1 aliphatic carbocycles. The van der Waals surface area contributed by atoms with Crippen LogP contribution >= 0.6 is 0 Å². The second-order valence-electron chi connectivity index (χ2n) is 13.6. The molecule has 3 atom stereocenters. The number of ketones is 1. The van der Waals surface area contributed by atoms with E-state index in [0.29, 0.717) is 39.8 Å². The molecule has 10 nitrogen and oxygen atoms in total. The summed E-state index contributed by atoms with van der Waals surface area (Å²) in [6.45, 7) is 5.09. The molecule has 0 spiro atoms. The first-order valence-electron chi connectivity index (χ1n) is 15.9. The third-order valence-corrected chi connectivity index (χ3v) is 9.26. The van der Waals surface area contributed by atoms with Crippen LogP contribution in [0.5, 0.6) is 40.2 Å². The normalized spacial score (nSPS) is 18.0. The van der Waals surface area contributed by atoms with Crippen LogP contribution in [0.2, 0.25) is 0 Å². The van der Waals surface area contributed by atoms with Gasteiger partial charge in [0.15, 0.2) is 5.78 Å². The molecule has 3 unspecified atom stereocenters. The number of furan rings is 1. The quantitative estimate of drug-likeness (QED) is 0.0609. The van der Waals surface area contributed by atoms with E-state index in [0.717, 1.165) is 5.57 Å². The Morgan fingerprint density at radius 2 is 1.49 bits per heavy atom. The monoisotopic (exact) mass is 666 g/mol. The van der Waals surface area contributed by atoms with E-state index >= 15 is 0 Å². The number of carbonyl (C=O) groups excluding carboxylic acids is 1. The number of aliphatic hydroxyl groups is 1. The maximum atomic E-state index is 14.8. The summed E-state index contributed by atoms with van der Waals surface area (Å²) >= 11 is 0. The van der Waals surface area contributed by atoms with Crippen LogP contribution in [0, 0.1) is 5.92 Å². The van der Waals surface area contributed by atoms with Gasteiger partial charge in [0, 0.05) is 58.0 Å². The maximum absolute atomic E-state index is 14.8. The lowest BCUT2D eigenvalue weighted by Gasteiger charge is -2.37. The minimum atomic E-state index is -1.10. The highest BCUT2D eigenvalue weighted by molar-refractivity contribution is 6.02. The predicted octanol–water partition coefficient (Wildman–Crippen LogP) is 7.46. The molecular formula is C39H38O10. The van der Waals surface area contributed by atoms with Crippen molar-refractivity contribution in [1.29, 1.82) is 0 Å². The Labute approximate surface area is 282 Å². The number of fused-ring (bicyclic) bond motifs is 1. The van der Waals surface area contributed by atoms with Crippen LogP contribution in [0.1, 0.15) is 72.5 Å². The highest BCUT2D eigenvalue weighted by atomic mass is 16.3. The van der Waals surface area contributed by atoms with Crippen LogP contribution in [0.15, 0.2) is 82.8 Å². The highest BCUT2D eigenvalue weighted by Gasteiger charge is 2.42. The zero-order valence-electron chi connectivity index (χ0n) is 27.2. The smallest absolute Gasteiger partial charge is 0.171 e. The number of hydrogen-bond acceptors (Lipinski definition) is 10. The molecule has 254 valence electrons. The summed E-state index contributed by atoms with van der Waals surface area (Å²) < 4.78 is 5.96. The van der Waals surface area contributed by atoms with Gasteiger partial charge in [0.25, 0.3) is 0 Å². The van der Waals surface area contributed by atoms with Crippen molar-refractivity contribution in [2.75, 3.05) is 0 Å². The van der Waals surface area contributed by atoms with E-state index in [4.69, 9.17) is 4.42 Å². The first-order chi connectivity index (χ1) is 23.1. The van der Waals surface area contributed by atoms with Crippen LogP contribution in [-0.4, -0.2) is 52.2 Å². The highest BCUT2D eigenvalue weighted by Crippen LogP contribution is 2.52. The molecule has 8 N–H and O–H groups in total. The lowest BCUT2D eigenvalue weighted by atomic mass is 9.65. The fourth-order valence-corrected chi connectivity index (χ4v) is 6.90. The van der Waals surface area contributed by atoms with E-state index < -0.39 is 34.9 Å². The lowest BCUT2D eigenvalue weighted by Crippen LogP contribution is -2.31. The first kappa shape index (κ1) is 33.3. The lowest BCUT2D eigenvalue weighted by molar-refractivity contribution is 0.0711. The summed E-state index contributed by atoms with van der Waals surface area (Å²) in [7, 11) is 0. The SMILES string of the molecule is CC1=CC(c2cc3cc(-c4cc(O)cc(O)c4)oc3cc2O)C(C(=O)c2ccc(O)c(CCC(C)(C)O)c2O)C(c2ccc(O)cc2O)C1. The fraction of sp³-hybridized carbons (Fsp3) is 0.256. The van der Waals surface area contributed by atoms with E-state index in [1.165, 1.54) is 48.5 Å². The number of rotatable bonds is 8. The van der Waals surface area contributed by atoms with Crippen molar-refractivity contribution in [2.24, 2.45) is 5.92 Å². The van der Waals surface area contributed by atoms with E-state index in [9.17, 15) is 45.6 Å². The molecule has 0 fully saturated rings. The molecule has 0 aliphatic heterocycles. The minimum absolute atomic E-state index is 0.0652. The number of hydrogen-bond donors (Lipinski definition) is 8. The average molecular weight is 667 g/mol. The maximum Gasteiger partial charge on any atom is 0.171 e. The van der Waals surface area contributed by atoms with Gasteiger partial charge in [-0.1, -0.05) is 17.7 Å². The molecule has 10 heteroatoms. The van der Waals surface area contributed by atoms with Crippen LogP contribution in [0.4, 0.5) is 0 Å². The molecule has 6 rings (SSSR count). The number of phenolic OH excluding ortho intramolecular Hbond substituents is 7. The predicted molar refractivity (Wildman–Crippen MR) is 182 cm³/mol. The molecule has 0 saturated heterocycles. The number of aromatic hydroxyl groups is 7. The Hall–Kier alpha value is -5.61. The van der Waals surface area contributed by atoms with Crippen molar-refractivity contribution in [3.05, 3.63) is 101 Å². The van der Waals surface area contributed by atoms with Crippen LogP contribution < -0.4 is 0 Å². The van der Waals surface area contributed by atoms with Gasteiger partial charge in [-0.3, -0.25) is 4.79 Å². The van der Waals surface area contributed by atoms with Crippen LogP contribution in [0.25, 0.3) is 22.3 Å². The van der Waals surface area contributed by atoms with E-state index in [-0.39, 0.29) is 58.5 Å². The minimum Gasteiger partial charge on any atom is -0.508 e. The second-order valence-corrected chi connectivity index (χ2v) is 13.6. The Balaban J connectivity index is 1.51. The van der Waals surface area contributed by atoms with Crippen molar-refractivity contribution >= 4 is 16.8 Å². The summed E-state index contributed by atoms with van der Waals surface area (Å²) in [6.07, 6.45) is 2.51. The van der Waals surface area contributed by atoms with Gasteiger partial charge in [0.2, 0.25) is 0 Å². The molecule has 1 aliphatic rings. The van der Waals surface area contributed by atoms with Gasteiger partial charge in [-0.05, 0) is 88.1 Å². The van der Waals surface area contributed by atoms with E-state index in [2.05, 4.69) is 0 Å². The zero-order valence-corrected chi connectivity index (χ0v) is 27.2. The Kier molecular flexibility index (Phi) is 8.46. The molecule has 0 saturated carbocycles.